The van der Waals surface area contributed by atoms with Gasteiger partial charge in [-0.3, -0.25) is 18.8 Å². The molecule has 7 heteroatoms. The number of piperazine rings is 1. The molecule has 0 bridgehead atoms. The summed E-state index contributed by atoms with van der Waals surface area (Å²) in [5.41, 5.74) is -0.589. The van der Waals surface area contributed by atoms with E-state index < -0.39 is 0 Å². The summed E-state index contributed by atoms with van der Waals surface area (Å²) in [5.74, 6) is 0.662. The van der Waals surface area contributed by atoms with Crippen molar-refractivity contribution in [2.45, 2.75) is 13.0 Å². The number of aromatic nitrogens is 2. The van der Waals surface area contributed by atoms with E-state index in [2.05, 4.69) is 4.90 Å². The molecule has 1 aliphatic rings. The highest BCUT2D eigenvalue weighted by atomic mass is 16.3. The third kappa shape index (κ3) is 2.94. The molecule has 1 aliphatic heterocycles. The van der Waals surface area contributed by atoms with Gasteiger partial charge in [0, 0.05) is 52.9 Å². The SMILES string of the molecule is CC(O)CN1CCN(c2cc(=O)n(C)c(=O)n2C)CC1. The van der Waals surface area contributed by atoms with Gasteiger partial charge in [-0.25, -0.2) is 4.79 Å². The van der Waals surface area contributed by atoms with Crippen LogP contribution in [0, 0.1) is 0 Å². The predicted octanol–water partition coefficient (Wildman–Crippen LogP) is -1.41. The summed E-state index contributed by atoms with van der Waals surface area (Å²) in [6, 6.07) is 1.51. The first-order valence-corrected chi connectivity index (χ1v) is 6.82. The van der Waals surface area contributed by atoms with Gasteiger partial charge in [0.1, 0.15) is 5.82 Å². The monoisotopic (exact) mass is 282 g/mol. The lowest BCUT2D eigenvalue weighted by atomic mass is 10.2. The molecule has 0 aromatic carbocycles. The van der Waals surface area contributed by atoms with Crippen LogP contribution in [0.25, 0.3) is 0 Å². The second kappa shape index (κ2) is 5.80. The first-order valence-electron chi connectivity index (χ1n) is 6.82. The van der Waals surface area contributed by atoms with Gasteiger partial charge in [-0.1, -0.05) is 0 Å². The summed E-state index contributed by atoms with van der Waals surface area (Å²) in [6.45, 7) is 5.54. The lowest BCUT2D eigenvalue weighted by Gasteiger charge is -2.36. The van der Waals surface area contributed by atoms with E-state index in [1.54, 1.807) is 14.0 Å². The Hall–Kier alpha value is -1.60. The van der Waals surface area contributed by atoms with Crippen LogP contribution in [-0.2, 0) is 14.1 Å². The quantitative estimate of drug-likeness (QED) is 0.737. The van der Waals surface area contributed by atoms with E-state index in [0.29, 0.717) is 12.4 Å². The standard InChI is InChI=1S/C13H22N4O3/c1-10(18)9-16-4-6-17(7-5-16)11-8-12(19)15(3)13(20)14(11)2/h8,10,18H,4-7,9H2,1-3H3. The second-order valence-corrected chi connectivity index (χ2v) is 5.38. The molecule has 2 heterocycles. The maximum atomic E-state index is 11.9. The molecule has 0 spiro atoms. The minimum absolute atomic E-state index is 0.283. The summed E-state index contributed by atoms with van der Waals surface area (Å²) >= 11 is 0. The fraction of sp³-hybridized carbons (Fsp3) is 0.692. The van der Waals surface area contributed by atoms with Crippen LogP contribution in [0.15, 0.2) is 15.7 Å². The molecule has 1 atom stereocenters. The number of aliphatic hydroxyl groups is 1. The molecule has 0 saturated carbocycles. The molecule has 1 aromatic rings. The zero-order valence-electron chi connectivity index (χ0n) is 12.2. The van der Waals surface area contributed by atoms with Crippen molar-refractivity contribution >= 4 is 5.82 Å². The average molecular weight is 282 g/mol. The number of anilines is 1. The Bertz CT molecular complexity index is 582. The minimum atomic E-state index is -0.338. The first kappa shape index (κ1) is 14.8. The van der Waals surface area contributed by atoms with Gasteiger partial charge in [0.15, 0.2) is 0 Å². The third-order valence-electron chi connectivity index (χ3n) is 3.72. The van der Waals surface area contributed by atoms with Crippen molar-refractivity contribution in [2.24, 2.45) is 14.1 Å². The van der Waals surface area contributed by atoms with E-state index in [1.807, 2.05) is 4.90 Å². The van der Waals surface area contributed by atoms with Gasteiger partial charge < -0.3 is 10.0 Å². The van der Waals surface area contributed by atoms with Crippen molar-refractivity contribution in [3.8, 4) is 0 Å². The van der Waals surface area contributed by atoms with E-state index in [4.69, 9.17) is 0 Å². The van der Waals surface area contributed by atoms with Crippen molar-refractivity contribution < 1.29 is 5.11 Å². The lowest BCUT2D eigenvalue weighted by Crippen LogP contribution is -2.50. The van der Waals surface area contributed by atoms with Crippen molar-refractivity contribution in [1.82, 2.24) is 14.0 Å². The maximum absolute atomic E-state index is 11.9. The number of β-amino-alcohol motifs (C(OH)–C–C–N with tert-alkyl or cyclic N) is 1. The minimum Gasteiger partial charge on any atom is -0.392 e. The summed E-state index contributed by atoms with van der Waals surface area (Å²) in [4.78, 5) is 27.9. The van der Waals surface area contributed by atoms with Gasteiger partial charge in [0.2, 0.25) is 0 Å². The Labute approximate surface area is 117 Å². The normalized spacial score (nSPS) is 18.3. The molecule has 112 valence electrons. The Balaban J connectivity index is 2.16. The predicted molar refractivity (Wildman–Crippen MR) is 77.3 cm³/mol. The lowest BCUT2D eigenvalue weighted by molar-refractivity contribution is 0.122. The van der Waals surface area contributed by atoms with E-state index >= 15 is 0 Å². The molecule has 0 aliphatic carbocycles. The molecule has 7 nitrogen and oxygen atoms in total. The van der Waals surface area contributed by atoms with E-state index in [0.717, 1.165) is 30.7 Å². The van der Waals surface area contributed by atoms with Gasteiger partial charge in [0.25, 0.3) is 5.56 Å². The molecule has 1 N–H and O–H groups in total. The van der Waals surface area contributed by atoms with Crippen LogP contribution in [0.4, 0.5) is 5.82 Å². The highest BCUT2D eigenvalue weighted by molar-refractivity contribution is 5.38. The summed E-state index contributed by atoms with van der Waals surface area (Å²) in [7, 11) is 3.16. The highest BCUT2D eigenvalue weighted by Gasteiger charge is 2.20. The van der Waals surface area contributed by atoms with Crippen LogP contribution in [0.2, 0.25) is 0 Å². The number of nitrogens with zero attached hydrogens (tertiary/aromatic N) is 4. The van der Waals surface area contributed by atoms with Crippen molar-refractivity contribution in [2.75, 3.05) is 37.6 Å². The maximum Gasteiger partial charge on any atom is 0.332 e. The van der Waals surface area contributed by atoms with Crippen LogP contribution >= 0.6 is 0 Å². The van der Waals surface area contributed by atoms with Gasteiger partial charge in [-0.15, -0.1) is 0 Å². The fourth-order valence-corrected chi connectivity index (χ4v) is 2.56. The molecule has 0 amide bonds. The summed E-state index contributed by atoms with van der Waals surface area (Å²) < 4.78 is 2.61. The molecule has 1 fully saturated rings. The molecular weight excluding hydrogens is 260 g/mol. The van der Waals surface area contributed by atoms with Gasteiger partial charge in [-0.2, -0.15) is 0 Å². The first-order chi connectivity index (χ1) is 9.40. The molecule has 1 saturated heterocycles. The fourth-order valence-electron chi connectivity index (χ4n) is 2.56. The topological polar surface area (TPSA) is 70.7 Å². The Morgan fingerprint density at radius 1 is 1.15 bits per heavy atom. The van der Waals surface area contributed by atoms with Crippen LogP contribution in [-0.4, -0.2) is 58.0 Å². The van der Waals surface area contributed by atoms with Crippen LogP contribution < -0.4 is 16.1 Å². The largest absolute Gasteiger partial charge is 0.392 e. The number of hydrogen-bond acceptors (Lipinski definition) is 5. The van der Waals surface area contributed by atoms with Gasteiger partial charge in [-0.05, 0) is 6.92 Å². The van der Waals surface area contributed by atoms with Crippen LogP contribution in [0.1, 0.15) is 6.92 Å². The molecule has 2 rings (SSSR count). The molecular formula is C13H22N4O3. The van der Waals surface area contributed by atoms with E-state index in [9.17, 15) is 14.7 Å². The van der Waals surface area contributed by atoms with Crippen molar-refractivity contribution in [1.29, 1.82) is 0 Å². The molecule has 1 aromatic heterocycles. The van der Waals surface area contributed by atoms with E-state index in [1.165, 1.54) is 17.7 Å². The Kier molecular flexibility index (Phi) is 4.29. The summed E-state index contributed by atoms with van der Waals surface area (Å²) in [6.07, 6.45) is -0.338. The molecule has 1 unspecified atom stereocenters. The Morgan fingerprint density at radius 3 is 2.30 bits per heavy atom. The zero-order chi connectivity index (χ0) is 14.9. The number of rotatable bonds is 3. The second-order valence-electron chi connectivity index (χ2n) is 5.38. The zero-order valence-corrected chi connectivity index (χ0v) is 12.2. The van der Waals surface area contributed by atoms with Gasteiger partial charge >= 0.3 is 5.69 Å². The van der Waals surface area contributed by atoms with Crippen LogP contribution in [0.3, 0.4) is 0 Å². The van der Waals surface area contributed by atoms with Gasteiger partial charge in [0.05, 0.1) is 6.10 Å². The smallest absolute Gasteiger partial charge is 0.332 e. The number of hydrogen-bond donors (Lipinski definition) is 1. The summed E-state index contributed by atoms with van der Waals surface area (Å²) in [5, 5.41) is 9.39. The van der Waals surface area contributed by atoms with E-state index in [-0.39, 0.29) is 17.4 Å². The average Bonchev–Trinajstić information content (AvgIpc) is 2.41. The highest BCUT2D eigenvalue weighted by Crippen LogP contribution is 2.12. The molecule has 0 radical (unpaired) electrons. The third-order valence-corrected chi connectivity index (χ3v) is 3.72. The number of aliphatic hydroxyl groups excluding tert-OH is 1. The van der Waals surface area contributed by atoms with Crippen molar-refractivity contribution in [3.05, 3.63) is 26.9 Å². The molecule has 20 heavy (non-hydrogen) atoms. The Morgan fingerprint density at radius 2 is 1.75 bits per heavy atom. The van der Waals surface area contributed by atoms with Crippen LogP contribution in [0.5, 0.6) is 0 Å². The van der Waals surface area contributed by atoms with Crippen molar-refractivity contribution in [3.63, 3.8) is 0 Å².